The molecule has 0 spiro atoms. The molecule has 0 saturated heterocycles. The van der Waals surface area contributed by atoms with Gasteiger partial charge in [0, 0.05) is 10.4 Å². The Kier molecular flexibility index (Phi) is 4.37. The molecule has 4 heteroatoms. The molecule has 0 aromatic heterocycles. The van der Waals surface area contributed by atoms with Gasteiger partial charge in [0.05, 0.1) is 12.0 Å². The maximum atomic E-state index is 12.7. The molecule has 1 aromatic rings. The van der Waals surface area contributed by atoms with E-state index in [1.54, 1.807) is 6.07 Å². The fourth-order valence-corrected chi connectivity index (χ4v) is 1.78. The molecule has 1 nitrogen and oxygen atoms in total. The van der Waals surface area contributed by atoms with Crippen molar-refractivity contribution in [3.05, 3.63) is 34.1 Å². The fourth-order valence-electron chi connectivity index (χ4n) is 1.09. The van der Waals surface area contributed by atoms with Crippen molar-refractivity contribution >= 4 is 27.5 Å². The van der Waals surface area contributed by atoms with Gasteiger partial charge in [-0.3, -0.25) is 0 Å². The molecule has 74 valence electrons. The number of benzene rings is 1. The number of hydrogen-bond acceptors (Lipinski definition) is 1. The SMILES string of the molecule is N#CC(CCl)Cc1ccc(F)cc1Br. The van der Waals surface area contributed by atoms with Crippen LogP contribution < -0.4 is 0 Å². The number of rotatable bonds is 3. The van der Waals surface area contributed by atoms with Gasteiger partial charge < -0.3 is 0 Å². The maximum absolute atomic E-state index is 12.7. The quantitative estimate of drug-likeness (QED) is 0.775. The minimum absolute atomic E-state index is 0.224. The van der Waals surface area contributed by atoms with Gasteiger partial charge in [-0.25, -0.2) is 4.39 Å². The van der Waals surface area contributed by atoms with Crippen LogP contribution in [0.4, 0.5) is 4.39 Å². The molecule has 0 bridgehead atoms. The van der Waals surface area contributed by atoms with E-state index in [-0.39, 0.29) is 11.7 Å². The molecule has 0 saturated carbocycles. The van der Waals surface area contributed by atoms with Crippen LogP contribution in [0, 0.1) is 23.1 Å². The molecule has 0 aliphatic heterocycles. The number of nitriles is 1. The zero-order chi connectivity index (χ0) is 10.6. The molecule has 1 rings (SSSR count). The highest BCUT2D eigenvalue weighted by atomic mass is 79.9. The van der Waals surface area contributed by atoms with Crippen molar-refractivity contribution in [3.8, 4) is 6.07 Å². The number of hydrogen-bond donors (Lipinski definition) is 0. The summed E-state index contributed by atoms with van der Waals surface area (Å²) < 4.78 is 13.4. The average molecular weight is 277 g/mol. The first kappa shape index (κ1) is 11.5. The van der Waals surface area contributed by atoms with E-state index < -0.39 is 0 Å². The molecule has 0 aliphatic carbocycles. The van der Waals surface area contributed by atoms with Gasteiger partial charge in [0.15, 0.2) is 0 Å². The van der Waals surface area contributed by atoms with E-state index in [0.717, 1.165) is 5.56 Å². The molecule has 0 radical (unpaired) electrons. The third-order valence-electron chi connectivity index (χ3n) is 1.85. The molecular formula is C10H8BrClFN. The lowest BCUT2D eigenvalue weighted by Crippen LogP contribution is -2.03. The average Bonchev–Trinajstić information content (AvgIpc) is 2.17. The summed E-state index contributed by atoms with van der Waals surface area (Å²) in [6.45, 7) is 0. The zero-order valence-corrected chi connectivity index (χ0v) is 9.65. The van der Waals surface area contributed by atoms with E-state index in [9.17, 15) is 4.39 Å². The van der Waals surface area contributed by atoms with Gasteiger partial charge >= 0.3 is 0 Å². The lowest BCUT2D eigenvalue weighted by atomic mass is 10.0. The fraction of sp³-hybridized carbons (Fsp3) is 0.300. The number of nitrogens with zero attached hydrogens (tertiary/aromatic N) is 1. The largest absolute Gasteiger partial charge is 0.207 e. The van der Waals surface area contributed by atoms with E-state index in [0.29, 0.717) is 16.8 Å². The second kappa shape index (κ2) is 5.33. The van der Waals surface area contributed by atoms with E-state index in [2.05, 4.69) is 22.0 Å². The molecule has 0 aliphatic rings. The highest BCUT2D eigenvalue weighted by Gasteiger charge is 2.09. The maximum Gasteiger partial charge on any atom is 0.124 e. The molecule has 0 N–H and O–H groups in total. The van der Waals surface area contributed by atoms with Crippen molar-refractivity contribution in [3.63, 3.8) is 0 Å². The Balaban J connectivity index is 2.82. The second-order valence-electron chi connectivity index (χ2n) is 2.92. The monoisotopic (exact) mass is 275 g/mol. The van der Waals surface area contributed by atoms with Crippen LogP contribution in [0.15, 0.2) is 22.7 Å². The Morgan fingerprint density at radius 1 is 1.57 bits per heavy atom. The Hall–Kier alpha value is -0.590. The van der Waals surface area contributed by atoms with Crippen LogP contribution in [0.1, 0.15) is 5.56 Å². The minimum Gasteiger partial charge on any atom is -0.207 e. The summed E-state index contributed by atoms with van der Waals surface area (Å²) in [5.74, 6) is -0.223. The third-order valence-corrected chi connectivity index (χ3v) is 2.96. The first-order valence-electron chi connectivity index (χ1n) is 4.07. The predicted octanol–water partition coefficient (Wildman–Crippen LogP) is 3.51. The molecule has 1 atom stereocenters. The summed E-state index contributed by atoms with van der Waals surface area (Å²) in [4.78, 5) is 0. The lowest BCUT2D eigenvalue weighted by molar-refractivity contribution is 0.624. The Labute approximate surface area is 95.6 Å². The van der Waals surface area contributed by atoms with Crippen LogP contribution in [0.5, 0.6) is 0 Å². The first-order chi connectivity index (χ1) is 6.67. The first-order valence-corrected chi connectivity index (χ1v) is 5.39. The van der Waals surface area contributed by atoms with Crippen LogP contribution in [-0.2, 0) is 6.42 Å². The van der Waals surface area contributed by atoms with Crippen LogP contribution in [0.2, 0.25) is 0 Å². The van der Waals surface area contributed by atoms with Crippen LogP contribution in [0.25, 0.3) is 0 Å². The van der Waals surface area contributed by atoms with Crippen LogP contribution in [0.3, 0.4) is 0 Å². The summed E-state index contributed by atoms with van der Waals surface area (Å²) in [5, 5.41) is 8.71. The van der Waals surface area contributed by atoms with Gasteiger partial charge in [-0.1, -0.05) is 22.0 Å². The Morgan fingerprint density at radius 3 is 2.79 bits per heavy atom. The normalized spacial score (nSPS) is 12.1. The summed E-state index contributed by atoms with van der Waals surface area (Å²) in [5.41, 5.74) is 0.901. The standard InChI is InChI=1S/C10H8BrClFN/c11-10-4-9(13)2-1-8(10)3-7(5-12)6-14/h1-2,4,7H,3,5H2. The summed E-state index contributed by atoms with van der Waals surface area (Å²) >= 11 is 8.83. The summed E-state index contributed by atoms with van der Waals surface area (Å²) in [7, 11) is 0. The van der Waals surface area contributed by atoms with Crippen molar-refractivity contribution < 1.29 is 4.39 Å². The highest BCUT2D eigenvalue weighted by molar-refractivity contribution is 9.10. The van der Waals surface area contributed by atoms with Crippen molar-refractivity contribution in [1.29, 1.82) is 5.26 Å². The topological polar surface area (TPSA) is 23.8 Å². The van der Waals surface area contributed by atoms with E-state index in [4.69, 9.17) is 16.9 Å². The van der Waals surface area contributed by atoms with E-state index in [1.165, 1.54) is 12.1 Å². The molecule has 0 amide bonds. The van der Waals surface area contributed by atoms with Gasteiger partial charge in [-0.05, 0) is 24.1 Å². The third kappa shape index (κ3) is 2.97. The molecule has 1 unspecified atom stereocenters. The molecule has 0 heterocycles. The van der Waals surface area contributed by atoms with Crippen molar-refractivity contribution in [2.24, 2.45) is 5.92 Å². The van der Waals surface area contributed by atoms with Gasteiger partial charge in [0.1, 0.15) is 5.82 Å². The van der Waals surface area contributed by atoms with Gasteiger partial charge in [-0.15, -0.1) is 11.6 Å². The lowest BCUT2D eigenvalue weighted by Gasteiger charge is -2.07. The zero-order valence-electron chi connectivity index (χ0n) is 7.30. The van der Waals surface area contributed by atoms with Crippen LogP contribution in [-0.4, -0.2) is 5.88 Å². The predicted molar refractivity (Wildman–Crippen MR) is 57.6 cm³/mol. The van der Waals surface area contributed by atoms with Gasteiger partial charge in [0.25, 0.3) is 0 Å². The summed E-state index contributed by atoms with van der Waals surface area (Å²) in [6.07, 6.45) is 0.543. The van der Waals surface area contributed by atoms with Gasteiger partial charge in [0.2, 0.25) is 0 Å². The summed E-state index contributed by atoms with van der Waals surface area (Å²) in [6, 6.07) is 6.52. The highest BCUT2D eigenvalue weighted by Crippen LogP contribution is 2.21. The van der Waals surface area contributed by atoms with Crippen molar-refractivity contribution in [2.75, 3.05) is 5.88 Å². The minimum atomic E-state index is -0.292. The Morgan fingerprint density at radius 2 is 2.29 bits per heavy atom. The smallest absolute Gasteiger partial charge is 0.124 e. The van der Waals surface area contributed by atoms with Crippen LogP contribution >= 0.6 is 27.5 Å². The van der Waals surface area contributed by atoms with E-state index in [1.807, 2.05) is 0 Å². The second-order valence-corrected chi connectivity index (χ2v) is 4.08. The number of alkyl halides is 1. The molecule has 14 heavy (non-hydrogen) atoms. The molecule has 1 aromatic carbocycles. The molecular weight excluding hydrogens is 268 g/mol. The van der Waals surface area contributed by atoms with Crippen molar-refractivity contribution in [2.45, 2.75) is 6.42 Å². The van der Waals surface area contributed by atoms with E-state index >= 15 is 0 Å². The number of halogens is 3. The Bertz CT molecular complexity index is 362. The molecule has 0 fully saturated rings. The van der Waals surface area contributed by atoms with Gasteiger partial charge in [-0.2, -0.15) is 5.26 Å². The van der Waals surface area contributed by atoms with Crippen molar-refractivity contribution in [1.82, 2.24) is 0 Å².